The molecule has 428 valence electrons. The first kappa shape index (κ1) is 61.9. The Morgan fingerprint density at radius 1 is 1.00 bits per heavy atom. The number of benzene rings is 2. The Balaban J connectivity index is 1.19. The van der Waals surface area contributed by atoms with Crippen LogP contribution in [-0.4, -0.2) is 154 Å². The molecule has 4 amide bonds. The number of carbonyl (C=O) groups is 6. The number of esters is 1. The molecule has 4 aliphatic heterocycles. The number of cyclic esters (lactones) is 1. The first-order valence-corrected chi connectivity index (χ1v) is 32.7. The molecular weight excluding hydrogens is 1330 g/mol. The van der Waals surface area contributed by atoms with Crippen LogP contribution in [0.2, 0.25) is 0 Å². The van der Waals surface area contributed by atoms with Gasteiger partial charge in [-0.2, -0.15) is 4.90 Å². The van der Waals surface area contributed by atoms with E-state index in [9.17, 15) is 58.7 Å². The fraction of sp³-hybridized carbons (Fsp3) is 0.458. The van der Waals surface area contributed by atoms with Gasteiger partial charge in [-0.05, 0) is 51.7 Å². The van der Waals surface area contributed by atoms with Gasteiger partial charge in [-0.25, -0.2) is 19.4 Å². The second-order valence-corrected chi connectivity index (χ2v) is 27.6. The fourth-order valence-electron chi connectivity index (χ4n) is 9.30. The van der Waals surface area contributed by atoms with Crippen molar-refractivity contribution in [3.8, 4) is 28.6 Å². The van der Waals surface area contributed by atoms with Crippen LogP contribution in [0.4, 0.5) is 25.8 Å². The van der Waals surface area contributed by atoms with E-state index >= 15 is 0 Å². The molecule has 0 radical (unpaired) electrons. The molecule has 5 N–H and O–H groups in total. The minimum absolute atomic E-state index is 0.0236. The van der Waals surface area contributed by atoms with Crippen molar-refractivity contribution in [2.24, 2.45) is 0 Å². The minimum atomic E-state index is -2.10. The number of hydrogen-bond donors (Lipinski definition) is 5. The van der Waals surface area contributed by atoms with Crippen molar-refractivity contribution in [3.63, 3.8) is 0 Å². The maximum atomic E-state index is 15.0. The van der Waals surface area contributed by atoms with Gasteiger partial charge in [0.1, 0.15) is 17.9 Å². The van der Waals surface area contributed by atoms with Gasteiger partial charge in [-0.15, -0.1) is 0 Å². The zero-order valence-electron chi connectivity index (χ0n) is 44.6. The van der Waals surface area contributed by atoms with E-state index in [0.717, 1.165) is 10.9 Å². The predicted octanol–water partition coefficient (Wildman–Crippen LogP) is 3.85. The summed E-state index contributed by atoms with van der Waals surface area (Å²) >= 11 is 3.54. The summed E-state index contributed by atoms with van der Waals surface area (Å²) in [6.45, 7) is 6.42. The molecule has 2 aromatic heterocycles. The number of imide groups is 1. The van der Waals surface area contributed by atoms with Crippen molar-refractivity contribution in [1.82, 2.24) is 14.5 Å². The van der Waals surface area contributed by atoms with Crippen molar-refractivity contribution >= 4 is 142 Å². The number of carbonyl (C=O) groups excluding carboxylic acids is 6. The Morgan fingerprint density at radius 3 is 2.42 bits per heavy atom. The molecule has 81 heavy (non-hydrogen) atoms. The summed E-state index contributed by atoms with van der Waals surface area (Å²) in [5, 5.41) is 46.2. The first-order valence-electron chi connectivity index (χ1n) is 25.1. The number of aromatic nitrogens is 2. The normalized spacial score (nSPS) is 21.2. The van der Waals surface area contributed by atoms with Gasteiger partial charge in [0.25, 0.3) is 5.56 Å². The van der Waals surface area contributed by atoms with Crippen molar-refractivity contribution in [3.05, 3.63) is 68.5 Å². The van der Waals surface area contributed by atoms with Gasteiger partial charge in [0.05, 0.1) is 29.0 Å². The number of anilines is 2. The number of fused-ring (bicyclic) bond motifs is 6. The van der Waals surface area contributed by atoms with Gasteiger partial charge < -0.3 is 28.6 Å². The first-order chi connectivity index (χ1) is 38.3. The Bertz CT molecular complexity index is 3410. The van der Waals surface area contributed by atoms with Crippen LogP contribution in [0.1, 0.15) is 81.7 Å². The average Bonchev–Trinajstić information content (AvgIpc) is 4.30. The van der Waals surface area contributed by atoms with Crippen molar-refractivity contribution in [2.75, 3.05) is 30.6 Å². The molecule has 4 aromatic rings. The molecule has 4 aliphatic rings. The molecule has 1 fully saturated rings. The van der Waals surface area contributed by atoms with Crippen LogP contribution >= 0.6 is 57.7 Å². The van der Waals surface area contributed by atoms with E-state index < -0.39 is 111 Å². The zero-order chi connectivity index (χ0) is 59.0. The molecule has 8 atom stereocenters. The van der Waals surface area contributed by atoms with Crippen molar-refractivity contribution < 1.29 is 91.2 Å². The molecule has 0 saturated carbocycles. The van der Waals surface area contributed by atoms with Gasteiger partial charge in [0.2, 0.25) is 6.79 Å². The number of aryl methyl sites for hydroxylation is 1. The summed E-state index contributed by atoms with van der Waals surface area (Å²) in [5.41, 5.74) is -1.77. The van der Waals surface area contributed by atoms with Crippen molar-refractivity contribution in [2.45, 2.75) is 122 Å². The van der Waals surface area contributed by atoms with Gasteiger partial charge in [-0.3, -0.25) is 4.79 Å². The molecule has 1 saturated heterocycles. The summed E-state index contributed by atoms with van der Waals surface area (Å²) in [6.07, 6.45) is -11.4. The van der Waals surface area contributed by atoms with Gasteiger partial charge >= 0.3 is 269 Å². The summed E-state index contributed by atoms with van der Waals surface area (Å²) < 4.78 is 58.6. The van der Waals surface area contributed by atoms with Crippen LogP contribution < -0.4 is 30.0 Å². The molecule has 2 aromatic carbocycles. The van der Waals surface area contributed by atoms with Crippen LogP contribution in [0.5, 0.6) is 17.2 Å². The van der Waals surface area contributed by atoms with Crippen LogP contribution in [0, 0.1) is 0 Å². The number of aliphatic hydroxyl groups is 4. The second-order valence-electron chi connectivity index (χ2n) is 19.8. The van der Waals surface area contributed by atoms with Gasteiger partial charge in [0, 0.05) is 22.6 Å². The summed E-state index contributed by atoms with van der Waals surface area (Å²) in [7, 11) is 1.05. The summed E-state index contributed by atoms with van der Waals surface area (Å²) in [6, 6.07) is 9.72. The number of halogens is 2. The molecule has 25 nitrogen and oxygen atoms in total. The van der Waals surface area contributed by atoms with E-state index in [1.165, 1.54) is 29.8 Å². The molecule has 0 bridgehead atoms. The third-order valence-electron chi connectivity index (χ3n) is 13.3. The number of nitrogens with zero attached hydrogens (tertiary/aromatic N) is 4. The third kappa shape index (κ3) is 12.7. The van der Waals surface area contributed by atoms with Gasteiger partial charge in [0.15, 0.2) is 17.1 Å². The topological polar surface area (TPSA) is 328 Å². The molecule has 8 rings (SSSR count). The third-order valence-corrected chi connectivity index (χ3v) is 19.2. The summed E-state index contributed by atoms with van der Waals surface area (Å²) in [5.74, 6) is -1.90. The van der Waals surface area contributed by atoms with E-state index in [0.29, 0.717) is 53.7 Å². The van der Waals surface area contributed by atoms with E-state index in [-0.39, 0.29) is 82.6 Å². The van der Waals surface area contributed by atoms with Crippen molar-refractivity contribution in [1.29, 1.82) is 0 Å². The number of amides is 4. The number of pyridine rings is 2. The SMILES string of the molecule is B/B=S(\I)OC(=O)N(C)CC(=O)Nc1cc(COC(=O)N(C(=O)OC(C)(C)C)c2c3c(cc4nc5c(c(CCCC)c24)Cn2c-5cc4c(c2=O)COC(=O)[C@]4(O)CC)OCO3)ccc1O[C@@H]1OC(C(=O)/S(I)=B/B=O)[C@@H](O)[C@H](O)C1O. The molecule has 6 heterocycles. The Morgan fingerprint density at radius 2 is 1.74 bits per heavy atom. The number of unbranched alkanes of at least 4 members (excludes halogenated alkanes) is 1. The molecule has 33 heteroatoms. The van der Waals surface area contributed by atoms with Crippen LogP contribution in [-0.2, 0) is 74.0 Å². The number of hydrogen-bond acceptors (Lipinski definition) is 21. The number of rotatable bonds is 15. The number of ether oxygens (including phenoxy) is 7. The zero-order valence-corrected chi connectivity index (χ0v) is 50.5. The van der Waals surface area contributed by atoms with Crippen LogP contribution in [0.25, 0.3) is 22.3 Å². The van der Waals surface area contributed by atoms with E-state index in [1.54, 1.807) is 74.8 Å². The van der Waals surface area contributed by atoms with Gasteiger partial charge in [-0.1, -0.05) is 20.3 Å². The molecule has 4 unspecified atom stereocenters. The van der Waals surface area contributed by atoms with E-state index in [4.69, 9.17) is 42.3 Å². The standard InChI is InChI=1S/C48H53B4I2N5O20S2/c1-7-9-10-22-23-16-58-28(14-25-24(40(58)64)19-72-43(66)48(25,70)8-2)33(23)56-27-15-30-38(75-20-74-30)34(32(22)27)59(46(69)78-47(3,4)5)45(68)73-18-21-11-12-29(26(13-21)55-31(60)17-57(6)44(67)79-81(54)50-49)76-42-37(63)35(61)36(62)39(77-42)41(65)80(53)52-51-71/h11-15,35-37,39,42,61-63,70H,7-10,16-20,49H2,1-6H3,(H,55,60)/t35-,36-,37?,39?,42+,48-,80?,81?/m0/s1. The van der Waals surface area contributed by atoms with E-state index in [2.05, 4.69) is 5.32 Å². The number of aliphatic hydroxyl groups excluding tert-OH is 3. The molecule has 0 aliphatic carbocycles. The Labute approximate surface area is 494 Å². The molecule has 0 spiro atoms. The van der Waals surface area contributed by atoms with Crippen LogP contribution in [0.15, 0.2) is 35.1 Å². The van der Waals surface area contributed by atoms with Crippen LogP contribution in [0.3, 0.4) is 0 Å². The second kappa shape index (κ2) is 25.4. The fourth-order valence-corrected chi connectivity index (χ4v) is 11.9. The molecular formula is C48H53B4I2N5O20S2. The quantitative estimate of drug-likeness (QED) is 0.0430. The Kier molecular flexibility index (Phi) is 19.4. The number of nitrogens with one attached hydrogen (secondary N) is 1. The maximum absolute atomic E-state index is 15.0. The van der Waals surface area contributed by atoms with E-state index in [1.807, 2.05) is 28.1 Å². The predicted molar refractivity (Wildman–Crippen MR) is 314 cm³/mol. The monoisotopic (exact) mass is 1380 g/mol. The number of likely N-dealkylation sites (N-methyl/N-ethyl adjacent to an activating group) is 1. The average molecular weight is 1380 g/mol. The Hall–Kier alpha value is -5.16. The summed E-state index contributed by atoms with van der Waals surface area (Å²) in [4.78, 5) is 103.